The van der Waals surface area contributed by atoms with Gasteiger partial charge in [-0.1, -0.05) is 19.1 Å². The third-order valence-corrected chi connectivity index (χ3v) is 4.32. The van der Waals surface area contributed by atoms with Gasteiger partial charge in [-0.05, 0) is 30.5 Å². The normalized spacial score (nSPS) is 24.5. The molecule has 0 N–H and O–H groups in total. The van der Waals surface area contributed by atoms with E-state index in [-0.39, 0.29) is 23.2 Å². The van der Waals surface area contributed by atoms with Crippen molar-refractivity contribution in [1.29, 1.82) is 0 Å². The third-order valence-electron chi connectivity index (χ3n) is 4.32. The summed E-state index contributed by atoms with van der Waals surface area (Å²) in [4.78, 5) is 14.3. The second kappa shape index (κ2) is 5.17. The molecule has 0 unspecified atom stereocenters. The number of hydrogen-bond acceptors (Lipinski definition) is 2. The van der Waals surface area contributed by atoms with Gasteiger partial charge in [-0.15, -0.1) is 0 Å². The molecule has 1 saturated heterocycles. The number of morpholine rings is 1. The number of hydrogen-bond donors (Lipinski definition) is 0. The zero-order valence-electron chi connectivity index (χ0n) is 11.8. The molecule has 1 atom stereocenters. The van der Waals surface area contributed by atoms with Crippen molar-refractivity contribution >= 4 is 5.91 Å². The van der Waals surface area contributed by atoms with E-state index >= 15 is 0 Å². The molecular formula is C16H20FNO2. The summed E-state index contributed by atoms with van der Waals surface area (Å²) in [5, 5.41) is 0. The summed E-state index contributed by atoms with van der Waals surface area (Å²) in [7, 11) is 0. The van der Waals surface area contributed by atoms with Crippen molar-refractivity contribution in [2.24, 2.45) is 5.41 Å². The van der Waals surface area contributed by atoms with Gasteiger partial charge in [0.05, 0.1) is 12.7 Å². The molecule has 1 saturated carbocycles. The Balaban J connectivity index is 1.60. The second-order valence-corrected chi connectivity index (χ2v) is 6.14. The van der Waals surface area contributed by atoms with Crippen LogP contribution in [-0.4, -0.2) is 36.6 Å². The van der Waals surface area contributed by atoms with E-state index in [2.05, 4.69) is 0 Å². The molecule has 0 bridgehead atoms. The number of amides is 1. The summed E-state index contributed by atoms with van der Waals surface area (Å²) in [6.45, 7) is 3.97. The Labute approximate surface area is 118 Å². The van der Waals surface area contributed by atoms with Gasteiger partial charge in [0.25, 0.3) is 0 Å². The molecule has 2 fully saturated rings. The van der Waals surface area contributed by atoms with Gasteiger partial charge in [0.2, 0.25) is 5.91 Å². The minimum atomic E-state index is -0.225. The van der Waals surface area contributed by atoms with Gasteiger partial charge in [-0.2, -0.15) is 0 Å². The van der Waals surface area contributed by atoms with Crippen molar-refractivity contribution in [3.05, 3.63) is 35.6 Å². The maximum Gasteiger partial charge on any atom is 0.228 e. The molecule has 1 aromatic rings. The fourth-order valence-corrected chi connectivity index (χ4v) is 2.69. The average Bonchev–Trinajstić information content (AvgIpc) is 3.20. The first-order valence-electron chi connectivity index (χ1n) is 7.22. The Morgan fingerprint density at radius 2 is 2.10 bits per heavy atom. The van der Waals surface area contributed by atoms with Gasteiger partial charge in [-0.25, -0.2) is 4.39 Å². The van der Waals surface area contributed by atoms with E-state index in [0.717, 1.165) is 24.8 Å². The van der Waals surface area contributed by atoms with Gasteiger partial charge < -0.3 is 9.64 Å². The van der Waals surface area contributed by atoms with E-state index in [1.54, 1.807) is 12.1 Å². The fourth-order valence-electron chi connectivity index (χ4n) is 2.69. The predicted molar refractivity (Wildman–Crippen MR) is 73.8 cm³/mol. The highest BCUT2D eigenvalue weighted by Gasteiger charge is 2.47. The van der Waals surface area contributed by atoms with Crippen molar-refractivity contribution in [3.8, 4) is 0 Å². The van der Waals surface area contributed by atoms with E-state index in [0.29, 0.717) is 19.7 Å². The topological polar surface area (TPSA) is 29.5 Å². The minimum Gasteiger partial charge on any atom is -0.374 e. The first-order valence-corrected chi connectivity index (χ1v) is 7.22. The monoisotopic (exact) mass is 277 g/mol. The average molecular weight is 277 g/mol. The molecule has 0 aromatic heterocycles. The zero-order valence-corrected chi connectivity index (χ0v) is 11.8. The summed E-state index contributed by atoms with van der Waals surface area (Å²) < 4.78 is 18.6. The van der Waals surface area contributed by atoms with Crippen LogP contribution >= 0.6 is 0 Å². The van der Waals surface area contributed by atoms with Crippen LogP contribution in [0.4, 0.5) is 4.39 Å². The number of benzene rings is 1. The van der Waals surface area contributed by atoms with Gasteiger partial charge in [-0.3, -0.25) is 4.79 Å². The van der Waals surface area contributed by atoms with E-state index in [9.17, 15) is 9.18 Å². The summed E-state index contributed by atoms with van der Waals surface area (Å²) in [5.74, 6) is 0.0432. The second-order valence-electron chi connectivity index (χ2n) is 6.14. The highest BCUT2D eigenvalue weighted by atomic mass is 19.1. The molecule has 1 aliphatic carbocycles. The molecule has 3 nitrogen and oxygen atoms in total. The molecule has 0 spiro atoms. The first kappa shape index (κ1) is 13.6. The summed E-state index contributed by atoms with van der Waals surface area (Å²) in [6, 6.07) is 6.49. The molecule has 3 rings (SSSR count). The van der Waals surface area contributed by atoms with Crippen molar-refractivity contribution in [1.82, 2.24) is 4.90 Å². The molecule has 1 aliphatic heterocycles. The Kier molecular flexibility index (Phi) is 3.50. The Hall–Kier alpha value is -1.42. The van der Waals surface area contributed by atoms with Crippen LogP contribution < -0.4 is 0 Å². The Bertz CT molecular complexity index is 496. The van der Waals surface area contributed by atoms with Gasteiger partial charge in [0, 0.05) is 24.9 Å². The predicted octanol–water partition coefficient (Wildman–Crippen LogP) is 2.40. The Morgan fingerprint density at radius 1 is 1.40 bits per heavy atom. The van der Waals surface area contributed by atoms with E-state index < -0.39 is 0 Å². The lowest BCUT2D eigenvalue weighted by molar-refractivity contribution is -0.143. The van der Waals surface area contributed by atoms with Crippen molar-refractivity contribution in [2.45, 2.75) is 32.3 Å². The highest BCUT2D eigenvalue weighted by Crippen LogP contribution is 2.46. The number of nitrogens with zero attached hydrogens (tertiary/aromatic N) is 1. The smallest absolute Gasteiger partial charge is 0.228 e. The molecule has 0 radical (unpaired) electrons. The molecule has 20 heavy (non-hydrogen) atoms. The third kappa shape index (κ3) is 2.85. The standard InChI is InChI=1S/C16H20FNO2/c1-16(6-7-16)15(19)18-8-9-20-14(11-18)10-12-2-4-13(17)5-3-12/h2-5,14H,6-11H2,1H3/t14-/m1/s1. The Morgan fingerprint density at radius 3 is 2.75 bits per heavy atom. The van der Waals surface area contributed by atoms with Crippen LogP contribution in [0.2, 0.25) is 0 Å². The molecular weight excluding hydrogens is 257 g/mol. The van der Waals surface area contributed by atoms with Crippen LogP contribution in [0, 0.1) is 11.2 Å². The van der Waals surface area contributed by atoms with E-state index in [1.807, 2.05) is 11.8 Å². The lowest BCUT2D eigenvalue weighted by atomic mass is 10.0. The summed E-state index contributed by atoms with van der Waals surface area (Å²) in [6.07, 6.45) is 2.75. The minimum absolute atomic E-state index is 0.0144. The lowest BCUT2D eigenvalue weighted by Gasteiger charge is -2.34. The molecule has 108 valence electrons. The first-order chi connectivity index (χ1) is 9.57. The largest absolute Gasteiger partial charge is 0.374 e. The molecule has 1 heterocycles. The number of carbonyl (C=O) groups is 1. The van der Waals surface area contributed by atoms with E-state index in [4.69, 9.17) is 4.74 Å². The number of ether oxygens (including phenoxy) is 1. The van der Waals surface area contributed by atoms with Crippen molar-refractivity contribution < 1.29 is 13.9 Å². The maximum absolute atomic E-state index is 12.9. The van der Waals surface area contributed by atoms with Gasteiger partial charge >= 0.3 is 0 Å². The lowest BCUT2D eigenvalue weighted by Crippen LogP contribution is -2.48. The highest BCUT2D eigenvalue weighted by molar-refractivity contribution is 5.85. The number of carbonyl (C=O) groups excluding carboxylic acids is 1. The van der Waals surface area contributed by atoms with Crippen LogP contribution in [-0.2, 0) is 16.0 Å². The maximum atomic E-state index is 12.9. The van der Waals surface area contributed by atoms with Crippen LogP contribution in [0.1, 0.15) is 25.3 Å². The molecule has 1 aromatic carbocycles. The van der Waals surface area contributed by atoms with Crippen LogP contribution in [0.3, 0.4) is 0 Å². The van der Waals surface area contributed by atoms with Crippen LogP contribution in [0.25, 0.3) is 0 Å². The zero-order chi connectivity index (χ0) is 14.2. The number of halogens is 1. The van der Waals surface area contributed by atoms with Gasteiger partial charge in [0.15, 0.2) is 0 Å². The van der Waals surface area contributed by atoms with Crippen LogP contribution in [0.5, 0.6) is 0 Å². The quantitative estimate of drug-likeness (QED) is 0.849. The summed E-state index contributed by atoms with van der Waals surface area (Å²) in [5.41, 5.74) is 0.931. The number of rotatable bonds is 3. The fraction of sp³-hybridized carbons (Fsp3) is 0.562. The van der Waals surface area contributed by atoms with Crippen molar-refractivity contribution in [2.75, 3.05) is 19.7 Å². The van der Waals surface area contributed by atoms with Gasteiger partial charge in [0.1, 0.15) is 5.82 Å². The molecule has 2 aliphatic rings. The van der Waals surface area contributed by atoms with Crippen molar-refractivity contribution in [3.63, 3.8) is 0 Å². The molecule has 1 amide bonds. The SMILES string of the molecule is CC1(C(=O)N2CCO[C@H](Cc3ccc(F)cc3)C2)CC1. The van der Waals surface area contributed by atoms with E-state index in [1.165, 1.54) is 12.1 Å². The van der Waals surface area contributed by atoms with Crippen LogP contribution in [0.15, 0.2) is 24.3 Å². The summed E-state index contributed by atoms with van der Waals surface area (Å²) >= 11 is 0. The molecule has 4 heteroatoms.